The van der Waals surface area contributed by atoms with Crippen LogP contribution < -0.4 is 5.32 Å². The lowest BCUT2D eigenvalue weighted by atomic mass is 9.93. The van der Waals surface area contributed by atoms with E-state index in [0.717, 1.165) is 38.8 Å². The molecule has 0 unspecified atom stereocenters. The van der Waals surface area contributed by atoms with Crippen LogP contribution in [-0.2, 0) is 9.53 Å². The number of hydrogen-bond donors (Lipinski definition) is 2. The third-order valence-electron chi connectivity index (χ3n) is 3.91. The maximum absolute atomic E-state index is 11.0. The minimum Gasteiger partial charge on any atom is -0.480 e. The first-order chi connectivity index (χ1) is 7.74. The Morgan fingerprint density at radius 3 is 2.94 bits per heavy atom. The van der Waals surface area contributed by atoms with Gasteiger partial charge in [0.25, 0.3) is 0 Å². The Hall–Kier alpha value is -0.610. The van der Waals surface area contributed by atoms with Gasteiger partial charge in [-0.05, 0) is 25.2 Å². The molecule has 1 saturated heterocycles. The number of carbonyl (C=O) groups is 1. The van der Waals surface area contributed by atoms with E-state index in [-0.39, 0.29) is 18.1 Å². The molecule has 0 amide bonds. The van der Waals surface area contributed by atoms with Crippen LogP contribution in [0.5, 0.6) is 0 Å². The molecular formula is C12H21NO3. The summed E-state index contributed by atoms with van der Waals surface area (Å²) >= 11 is 0. The lowest BCUT2D eigenvalue weighted by Crippen LogP contribution is -2.35. The third kappa shape index (κ3) is 2.23. The molecule has 1 saturated carbocycles. The Morgan fingerprint density at radius 1 is 1.44 bits per heavy atom. The van der Waals surface area contributed by atoms with E-state index < -0.39 is 5.97 Å². The second kappa shape index (κ2) is 5.15. The summed E-state index contributed by atoms with van der Waals surface area (Å²) in [5.41, 5.74) is 0. The summed E-state index contributed by atoms with van der Waals surface area (Å²) in [4.78, 5) is 11.0. The highest BCUT2D eigenvalue weighted by Crippen LogP contribution is 2.39. The molecule has 0 aromatic heterocycles. The zero-order valence-electron chi connectivity index (χ0n) is 9.82. The van der Waals surface area contributed by atoms with Gasteiger partial charge in [0.2, 0.25) is 0 Å². The van der Waals surface area contributed by atoms with Crippen LogP contribution in [-0.4, -0.2) is 36.4 Å². The van der Waals surface area contributed by atoms with Gasteiger partial charge in [-0.2, -0.15) is 0 Å². The topological polar surface area (TPSA) is 58.6 Å². The molecule has 0 radical (unpaired) electrons. The van der Waals surface area contributed by atoms with Crippen molar-refractivity contribution in [1.29, 1.82) is 0 Å². The smallest absolute Gasteiger partial charge is 0.320 e. The third-order valence-corrected chi connectivity index (χ3v) is 3.91. The second-order valence-electron chi connectivity index (χ2n) is 4.89. The zero-order valence-corrected chi connectivity index (χ0v) is 9.82. The van der Waals surface area contributed by atoms with E-state index in [2.05, 4.69) is 12.2 Å². The predicted octanol–water partition coefficient (Wildman–Crippen LogP) is 1.25. The largest absolute Gasteiger partial charge is 0.480 e. The number of rotatable bonds is 5. The molecule has 2 aliphatic rings. The standard InChI is InChI=1S/C12H21NO3/c1-2-3-6-16-10-5-4-8-9(10)7-13-11(8)12(14)15/h8-11,13H,2-7H2,1H3,(H,14,15)/t8-,9-,10+,11-/m0/s1. The molecule has 0 spiro atoms. The molecule has 2 rings (SSSR count). The summed E-state index contributed by atoms with van der Waals surface area (Å²) in [5.74, 6) is -0.0104. The molecule has 4 atom stereocenters. The maximum atomic E-state index is 11.0. The molecule has 0 aromatic rings. The monoisotopic (exact) mass is 227 g/mol. The second-order valence-corrected chi connectivity index (χ2v) is 4.89. The van der Waals surface area contributed by atoms with Crippen LogP contribution in [0.4, 0.5) is 0 Å². The van der Waals surface area contributed by atoms with Crippen molar-refractivity contribution in [3.63, 3.8) is 0 Å². The zero-order chi connectivity index (χ0) is 11.5. The van der Waals surface area contributed by atoms with Gasteiger partial charge in [0, 0.05) is 19.1 Å². The highest BCUT2D eigenvalue weighted by Gasteiger charge is 2.47. The minimum absolute atomic E-state index is 0.282. The van der Waals surface area contributed by atoms with Gasteiger partial charge < -0.3 is 15.2 Å². The van der Waals surface area contributed by atoms with Crippen molar-refractivity contribution in [2.24, 2.45) is 11.8 Å². The molecular weight excluding hydrogens is 206 g/mol. The molecule has 1 aliphatic heterocycles. The average molecular weight is 227 g/mol. The van der Waals surface area contributed by atoms with Crippen molar-refractivity contribution in [3.8, 4) is 0 Å². The molecule has 4 heteroatoms. The van der Waals surface area contributed by atoms with Crippen LogP contribution in [0.15, 0.2) is 0 Å². The number of aliphatic carboxylic acids is 1. The first-order valence-electron chi connectivity index (χ1n) is 6.31. The van der Waals surface area contributed by atoms with Gasteiger partial charge in [-0.1, -0.05) is 13.3 Å². The van der Waals surface area contributed by atoms with Gasteiger partial charge >= 0.3 is 5.97 Å². The molecule has 0 aromatic carbocycles. The van der Waals surface area contributed by atoms with E-state index >= 15 is 0 Å². The van der Waals surface area contributed by atoms with Gasteiger partial charge in [0.1, 0.15) is 6.04 Å². The van der Waals surface area contributed by atoms with E-state index in [4.69, 9.17) is 9.84 Å². The van der Waals surface area contributed by atoms with E-state index in [1.807, 2.05) is 0 Å². The Balaban J connectivity index is 1.85. The van der Waals surface area contributed by atoms with Gasteiger partial charge in [0.15, 0.2) is 0 Å². The molecule has 92 valence electrons. The lowest BCUT2D eigenvalue weighted by Gasteiger charge is -2.18. The summed E-state index contributed by atoms with van der Waals surface area (Å²) in [5, 5.41) is 12.2. The number of hydrogen-bond acceptors (Lipinski definition) is 3. The van der Waals surface area contributed by atoms with Crippen molar-refractivity contribution >= 4 is 5.97 Å². The lowest BCUT2D eigenvalue weighted by molar-refractivity contribution is -0.140. The fraction of sp³-hybridized carbons (Fsp3) is 0.917. The van der Waals surface area contributed by atoms with Gasteiger partial charge in [-0.3, -0.25) is 4.79 Å². The van der Waals surface area contributed by atoms with E-state index in [0.29, 0.717) is 5.92 Å². The van der Waals surface area contributed by atoms with Crippen LogP contribution in [0.1, 0.15) is 32.6 Å². The Bertz CT molecular complexity index is 257. The van der Waals surface area contributed by atoms with E-state index in [1.54, 1.807) is 0 Å². The predicted molar refractivity (Wildman–Crippen MR) is 60.3 cm³/mol. The fourth-order valence-corrected chi connectivity index (χ4v) is 3.03. The maximum Gasteiger partial charge on any atom is 0.320 e. The van der Waals surface area contributed by atoms with Crippen LogP contribution in [0.2, 0.25) is 0 Å². The van der Waals surface area contributed by atoms with E-state index in [1.165, 1.54) is 0 Å². The van der Waals surface area contributed by atoms with Crippen LogP contribution in [0.3, 0.4) is 0 Å². The highest BCUT2D eigenvalue weighted by molar-refractivity contribution is 5.74. The summed E-state index contributed by atoms with van der Waals surface area (Å²) in [7, 11) is 0. The summed E-state index contributed by atoms with van der Waals surface area (Å²) in [6.45, 7) is 3.78. The number of fused-ring (bicyclic) bond motifs is 1. The summed E-state index contributed by atoms with van der Waals surface area (Å²) < 4.78 is 5.85. The summed E-state index contributed by atoms with van der Waals surface area (Å²) in [6.07, 6.45) is 4.56. The normalized spacial score (nSPS) is 37.6. The number of carboxylic acids is 1. The molecule has 2 N–H and O–H groups in total. The van der Waals surface area contributed by atoms with Gasteiger partial charge in [0.05, 0.1) is 6.10 Å². The van der Waals surface area contributed by atoms with Gasteiger partial charge in [-0.15, -0.1) is 0 Å². The molecule has 1 heterocycles. The van der Waals surface area contributed by atoms with Crippen LogP contribution in [0, 0.1) is 11.8 Å². The fourth-order valence-electron chi connectivity index (χ4n) is 3.03. The minimum atomic E-state index is -0.707. The Labute approximate surface area is 96.4 Å². The molecule has 0 bridgehead atoms. The molecule has 16 heavy (non-hydrogen) atoms. The first-order valence-corrected chi connectivity index (χ1v) is 6.31. The highest BCUT2D eigenvalue weighted by atomic mass is 16.5. The average Bonchev–Trinajstić information content (AvgIpc) is 2.80. The van der Waals surface area contributed by atoms with Gasteiger partial charge in [-0.25, -0.2) is 0 Å². The quantitative estimate of drug-likeness (QED) is 0.694. The Kier molecular flexibility index (Phi) is 3.82. The van der Waals surface area contributed by atoms with Crippen molar-refractivity contribution < 1.29 is 14.6 Å². The van der Waals surface area contributed by atoms with Crippen molar-refractivity contribution in [2.45, 2.75) is 44.8 Å². The Morgan fingerprint density at radius 2 is 2.25 bits per heavy atom. The van der Waals surface area contributed by atoms with Crippen molar-refractivity contribution in [3.05, 3.63) is 0 Å². The number of nitrogens with one attached hydrogen (secondary N) is 1. The summed E-state index contributed by atoms with van der Waals surface area (Å²) in [6, 6.07) is -0.343. The number of ether oxygens (including phenoxy) is 1. The SMILES string of the molecule is CCCCO[C@@H]1CC[C@H]2[C@@H]1CN[C@@H]2C(=O)O. The van der Waals surface area contributed by atoms with Crippen molar-refractivity contribution in [1.82, 2.24) is 5.32 Å². The first kappa shape index (κ1) is 11.9. The molecule has 2 fully saturated rings. The van der Waals surface area contributed by atoms with Crippen LogP contribution >= 0.6 is 0 Å². The van der Waals surface area contributed by atoms with Crippen molar-refractivity contribution in [2.75, 3.05) is 13.2 Å². The number of carboxylic acid groups (broad SMARTS) is 1. The number of unbranched alkanes of at least 4 members (excludes halogenated alkanes) is 1. The molecule has 4 nitrogen and oxygen atoms in total. The molecule has 1 aliphatic carbocycles. The van der Waals surface area contributed by atoms with E-state index in [9.17, 15) is 4.79 Å². The van der Waals surface area contributed by atoms with Crippen LogP contribution in [0.25, 0.3) is 0 Å².